The third-order valence-corrected chi connectivity index (χ3v) is 4.53. The third-order valence-electron chi connectivity index (χ3n) is 4.53. The smallest absolute Gasteiger partial charge is 0.234 e. The molecule has 0 spiro atoms. The number of nitrogens with one attached hydrogen (secondary N) is 1. The van der Waals surface area contributed by atoms with E-state index in [0.29, 0.717) is 25.4 Å². The van der Waals surface area contributed by atoms with Gasteiger partial charge < -0.3 is 15.2 Å². The van der Waals surface area contributed by atoms with Gasteiger partial charge in [-0.2, -0.15) is 0 Å². The summed E-state index contributed by atoms with van der Waals surface area (Å²) >= 11 is 0. The Bertz CT molecular complexity index is 503. The minimum Gasteiger partial charge on any atom is -0.492 e. The lowest BCUT2D eigenvalue weighted by Gasteiger charge is -2.35. The van der Waals surface area contributed by atoms with Crippen LogP contribution in [0.2, 0.25) is 0 Å². The van der Waals surface area contributed by atoms with Crippen molar-refractivity contribution in [3.8, 4) is 5.75 Å². The first kappa shape index (κ1) is 17.7. The van der Waals surface area contributed by atoms with E-state index >= 15 is 0 Å². The number of aliphatic hydroxyl groups is 1. The number of benzene rings is 1. The van der Waals surface area contributed by atoms with Crippen LogP contribution in [0.4, 0.5) is 4.39 Å². The van der Waals surface area contributed by atoms with Crippen LogP contribution in [0.25, 0.3) is 0 Å². The highest BCUT2D eigenvalue weighted by molar-refractivity contribution is 5.78. The molecule has 2 rings (SSSR count). The van der Waals surface area contributed by atoms with E-state index < -0.39 is 0 Å². The number of hydrogen-bond acceptors (Lipinski definition) is 4. The van der Waals surface area contributed by atoms with Crippen molar-refractivity contribution < 1.29 is 19.0 Å². The van der Waals surface area contributed by atoms with Gasteiger partial charge in [-0.3, -0.25) is 9.69 Å². The van der Waals surface area contributed by atoms with Gasteiger partial charge in [-0.05, 0) is 50.1 Å². The molecule has 6 heteroatoms. The van der Waals surface area contributed by atoms with Crippen molar-refractivity contribution in [3.63, 3.8) is 0 Å². The second kappa shape index (κ2) is 8.26. The van der Waals surface area contributed by atoms with Crippen LogP contribution in [-0.2, 0) is 4.79 Å². The number of nitrogens with zero attached hydrogens (tertiary/aromatic N) is 1. The maximum Gasteiger partial charge on any atom is 0.234 e. The molecule has 1 aromatic rings. The van der Waals surface area contributed by atoms with Crippen molar-refractivity contribution in [2.75, 3.05) is 32.8 Å². The minimum absolute atomic E-state index is 0.0686. The van der Waals surface area contributed by atoms with Crippen molar-refractivity contribution in [3.05, 3.63) is 30.1 Å². The van der Waals surface area contributed by atoms with Crippen LogP contribution in [0.1, 0.15) is 26.2 Å². The van der Waals surface area contributed by atoms with E-state index in [0.717, 1.165) is 25.8 Å². The van der Waals surface area contributed by atoms with Gasteiger partial charge >= 0.3 is 0 Å². The van der Waals surface area contributed by atoms with E-state index in [1.54, 1.807) is 12.1 Å². The van der Waals surface area contributed by atoms with Gasteiger partial charge in [0.2, 0.25) is 5.91 Å². The summed E-state index contributed by atoms with van der Waals surface area (Å²) in [5.41, 5.74) is -0.248. The Labute approximate surface area is 136 Å². The molecule has 1 aliphatic rings. The predicted octanol–water partition coefficient (Wildman–Crippen LogP) is 1.56. The Hall–Kier alpha value is -1.66. The monoisotopic (exact) mass is 324 g/mol. The van der Waals surface area contributed by atoms with E-state index in [9.17, 15) is 14.3 Å². The molecule has 0 radical (unpaired) electrons. The second-order valence-electron chi connectivity index (χ2n) is 5.91. The quantitative estimate of drug-likeness (QED) is 0.713. The molecule has 128 valence electrons. The average Bonchev–Trinajstić information content (AvgIpc) is 2.96. The number of aliphatic hydroxyl groups excluding tert-OH is 1. The van der Waals surface area contributed by atoms with Gasteiger partial charge in [-0.1, -0.05) is 6.92 Å². The SMILES string of the molecule is CC[C@]1(CO)CCCN1CC(=O)NCCOc1ccc(F)cc1. The topological polar surface area (TPSA) is 61.8 Å². The van der Waals surface area contributed by atoms with E-state index in [2.05, 4.69) is 10.2 Å². The van der Waals surface area contributed by atoms with Crippen LogP contribution < -0.4 is 10.1 Å². The highest BCUT2D eigenvalue weighted by Gasteiger charge is 2.39. The van der Waals surface area contributed by atoms with Crippen LogP contribution >= 0.6 is 0 Å². The molecule has 0 unspecified atom stereocenters. The minimum atomic E-state index is -0.306. The summed E-state index contributed by atoms with van der Waals surface area (Å²) in [4.78, 5) is 14.1. The fraction of sp³-hybridized carbons (Fsp3) is 0.588. The Morgan fingerprint density at radius 2 is 2.17 bits per heavy atom. The van der Waals surface area contributed by atoms with Gasteiger partial charge in [-0.15, -0.1) is 0 Å². The molecule has 23 heavy (non-hydrogen) atoms. The summed E-state index contributed by atoms with van der Waals surface area (Å²) in [6.45, 7) is 3.99. The summed E-state index contributed by atoms with van der Waals surface area (Å²) in [5, 5.41) is 12.5. The molecule has 1 amide bonds. The van der Waals surface area contributed by atoms with E-state index in [4.69, 9.17) is 4.74 Å². The molecule has 5 nitrogen and oxygen atoms in total. The van der Waals surface area contributed by atoms with E-state index in [-0.39, 0.29) is 23.9 Å². The van der Waals surface area contributed by atoms with E-state index in [1.807, 2.05) is 6.92 Å². The van der Waals surface area contributed by atoms with Crippen LogP contribution in [0.5, 0.6) is 5.75 Å². The Balaban J connectivity index is 1.70. The third kappa shape index (κ3) is 4.65. The maximum absolute atomic E-state index is 12.8. The Morgan fingerprint density at radius 3 is 2.83 bits per heavy atom. The Kier molecular flexibility index (Phi) is 6.36. The van der Waals surface area contributed by atoms with Crippen LogP contribution in [0.15, 0.2) is 24.3 Å². The van der Waals surface area contributed by atoms with Gasteiger partial charge in [0.05, 0.1) is 19.7 Å². The maximum atomic E-state index is 12.8. The molecular weight excluding hydrogens is 299 g/mol. The number of carbonyl (C=O) groups is 1. The first-order chi connectivity index (χ1) is 11.1. The summed E-state index contributed by atoms with van der Waals surface area (Å²) in [7, 11) is 0. The molecule has 1 aromatic carbocycles. The number of carbonyl (C=O) groups excluding carboxylic acids is 1. The molecule has 2 N–H and O–H groups in total. The molecule has 1 saturated heterocycles. The molecule has 0 aliphatic carbocycles. The highest BCUT2D eigenvalue weighted by Crippen LogP contribution is 2.31. The number of amides is 1. The molecule has 0 aromatic heterocycles. The number of likely N-dealkylation sites (tertiary alicyclic amines) is 1. The van der Waals surface area contributed by atoms with Gasteiger partial charge in [-0.25, -0.2) is 4.39 Å². The Morgan fingerprint density at radius 1 is 1.43 bits per heavy atom. The largest absolute Gasteiger partial charge is 0.492 e. The van der Waals surface area contributed by atoms with Crippen molar-refractivity contribution in [2.45, 2.75) is 31.7 Å². The predicted molar refractivity (Wildman–Crippen MR) is 85.8 cm³/mol. The van der Waals surface area contributed by atoms with Crippen LogP contribution in [0.3, 0.4) is 0 Å². The fourth-order valence-corrected chi connectivity index (χ4v) is 3.05. The van der Waals surface area contributed by atoms with Crippen molar-refractivity contribution in [1.82, 2.24) is 10.2 Å². The molecule has 0 bridgehead atoms. The molecule has 1 fully saturated rings. The molecule has 1 aliphatic heterocycles. The molecular formula is C17H25FN2O3. The van der Waals surface area contributed by atoms with Gasteiger partial charge in [0, 0.05) is 5.54 Å². The second-order valence-corrected chi connectivity index (χ2v) is 5.91. The standard InChI is InChI=1S/C17H25FN2O3/c1-2-17(13-21)8-3-10-20(17)12-16(22)19-9-11-23-15-6-4-14(18)5-7-15/h4-7,21H,2-3,8-13H2,1H3,(H,19,22)/t17-/m1/s1. The lowest BCUT2D eigenvalue weighted by molar-refractivity contribution is -0.123. The van der Waals surface area contributed by atoms with E-state index in [1.165, 1.54) is 12.1 Å². The summed E-state index contributed by atoms with van der Waals surface area (Å²) in [6.07, 6.45) is 2.78. The first-order valence-electron chi connectivity index (χ1n) is 8.10. The molecule has 0 saturated carbocycles. The van der Waals surface area contributed by atoms with Crippen molar-refractivity contribution in [1.29, 1.82) is 0 Å². The normalized spacial score (nSPS) is 21.3. The number of rotatable bonds is 8. The summed E-state index contributed by atoms with van der Waals surface area (Å²) < 4.78 is 18.2. The first-order valence-corrected chi connectivity index (χ1v) is 8.10. The lowest BCUT2D eigenvalue weighted by atomic mass is 9.94. The number of hydrogen-bond donors (Lipinski definition) is 2. The molecule has 1 heterocycles. The van der Waals surface area contributed by atoms with Gasteiger partial charge in [0.1, 0.15) is 18.2 Å². The fourth-order valence-electron chi connectivity index (χ4n) is 3.05. The zero-order chi connectivity index (χ0) is 16.7. The van der Waals surface area contributed by atoms with Crippen LogP contribution in [0, 0.1) is 5.82 Å². The zero-order valence-corrected chi connectivity index (χ0v) is 13.6. The average molecular weight is 324 g/mol. The highest BCUT2D eigenvalue weighted by atomic mass is 19.1. The number of halogens is 1. The van der Waals surface area contributed by atoms with Crippen LogP contribution in [-0.4, -0.2) is 54.3 Å². The summed E-state index contributed by atoms with van der Waals surface area (Å²) in [6, 6.07) is 5.78. The van der Waals surface area contributed by atoms with Crippen molar-refractivity contribution >= 4 is 5.91 Å². The zero-order valence-electron chi connectivity index (χ0n) is 13.6. The van der Waals surface area contributed by atoms with Gasteiger partial charge in [0.25, 0.3) is 0 Å². The van der Waals surface area contributed by atoms with Crippen molar-refractivity contribution in [2.24, 2.45) is 0 Å². The number of ether oxygens (including phenoxy) is 1. The summed E-state index contributed by atoms with van der Waals surface area (Å²) in [5.74, 6) is 0.200. The van der Waals surface area contributed by atoms with Gasteiger partial charge in [0.15, 0.2) is 0 Å². The lowest BCUT2D eigenvalue weighted by Crippen LogP contribution is -2.50. The molecule has 1 atom stereocenters.